The van der Waals surface area contributed by atoms with E-state index in [-0.39, 0.29) is 61.4 Å². The van der Waals surface area contributed by atoms with Crippen LogP contribution >= 0.6 is 0 Å². The lowest BCUT2D eigenvalue weighted by Gasteiger charge is -2.20. The third-order valence-electron chi connectivity index (χ3n) is 21.1. The number of rotatable bonds is 14. The summed E-state index contributed by atoms with van der Waals surface area (Å²) in [7, 11) is 6.41. The maximum Gasteiger partial charge on any atom is 0.342 e. The number of fused-ring (bicyclic) bond motifs is 4. The number of hydrogen-bond acceptors (Lipinski definition) is 24. The highest BCUT2D eigenvalue weighted by Crippen LogP contribution is 2.37. The van der Waals surface area contributed by atoms with E-state index in [0.29, 0.717) is 105 Å². The van der Waals surface area contributed by atoms with E-state index in [1.165, 1.54) is 53.5 Å². The zero-order chi connectivity index (χ0) is 100. The normalized spacial score (nSPS) is 15.3. The molecule has 0 saturated carbocycles. The minimum absolute atomic E-state index is 0.0274. The molecule has 34 nitrogen and oxygen atoms in total. The fourth-order valence-corrected chi connectivity index (χ4v) is 14.0. The van der Waals surface area contributed by atoms with Gasteiger partial charge in [-0.25, -0.2) is 19.6 Å². The van der Waals surface area contributed by atoms with Crippen LogP contribution < -0.4 is 59.8 Å². The molecule has 4 aliphatic rings. The monoisotopic (exact) mass is 1890 g/mol. The molecule has 0 saturated heterocycles. The van der Waals surface area contributed by atoms with Crippen LogP contribution in [0.3, 0.4) is 0 Å². The minimum atomic E-state index is -1.15. The number of halogens is 2. The average Bonchev–Trinajstić information content (AvgIpc) is 1.66. The summed E-state index contributed by atoms with van der Waals surface area (Å²) in [5.74, 6) is 20.8. The van der Waals surface area contributed by atoms with Crippen molar-refractivity contribution in [1.82, 2.24) is 70.7 Å². The molecule has 8 N–H and O–H groups in total. The first-order chi connectivity index (χ1) is 66.6. The molecule has 0 fully saturated rings. The molecule has 16 rings (SSSR count). The van der Waals surface area contributed by atoms with Crippen molar-refractivity contribution < 1.29 is 86.5 Å². The third kappa shape index (κ3) is 28.2. The van der Waals surface area contributed by atoms with E-state index in [1.807, 2.05) is 24.3 Å². The zero-order valence-corrected chi connectivity index (χ0v) is 78.5. The Hall–Kier alpha value is -16.9. The lowest BCUT2D eigenvalue weighted by Crippen LogP contribution is -2.50. The maximum absolute atomic E-state index is 13.4. The molecule has 0 spiro atoms. The summed E-state index contributed by atoms with van der Waals surface area (Å²) in [6.07, 6.45) is 18.1. The molecule has 8 amide bonds. The van der Waals surface area contributed by atoms with Crippen LogP contribution in [0.4, 0.5) is 41.1 Å². The van der Waals surface area contributed by atoms with E-state index in [4.69, 9.17) is 18.9 Å². The fourth-order valence-electron chi connectivity index (χ4n) is 14.0. The van der Waals surface area contributed by atoms with Crippen LogP contribution in [0.15, 0.2) is 220 Å². The van der Waals surface area contributed by atoms with Crippen LogP contribution in [0.25, 0.3) is 0 Å². The number of aromatic nitrogens is 10. The molecule has 0 aliphatic carbocycles. The number of hydrogen-bond donors (Lipinski definition) is 8. The summed E-state index contributed by atoms with van der Waals surface area (Å²) in [6.45, 7) is 12.5. The van der Waals surface area contributed by atoms with Crippen LogP contribution in [-0.4, -0.2) is 219 Å². The Labute approximate surface area is 805 Å². The number of carbonyl (C=O) groups excluding carboxylic acids is 8. The first-order valence-electron chi connectivity index (χ1n) is 44.0. The van der Waals surface area contributed by atoms with Crippen molar-refractivity contribution in [2.24, 2.45) is 0 Å². The van der Waals surface area contributed by atoms with E-state index in [1.54, 1.807) is 254 Å². The van der Waals surface area contributed by atoms with Gasteiger partial charge >= 0.3 is 12.1 Å². The van der Waals surface area contributed by atoms with Gasteiger partial charge in [-0.05, 0) is 222 Å². The topological polar surface area (TPSA) is 428 Å². The summed E-state index contributed by atoms with van der Waals surface area (Å²) in [4.78, 5) is 134. The lowest BCUT2D eigenvalue weighted by molar-refractivity contribution is -0.121. The number of amides is 8. The number of pyridine rings is 6. The van der Waals surface area contributed by atoms with Gasteiger partial charge in [-0.2, -0.15) is 28.3 Å². The molecule has 4 aliphatic heterocycles. The van der Waals surface area contributed by atoms with Crippen molar-refractivity contribution in [2.75, 3.05) is 74.2 Å². The summed E-state index contributed by atoms with van der Waals surface area (Å²) in [6, 6.07) is 39.1. The molecular weight excluding hydrogens is 1800 g/mol. The van der Waals surface area contributed by atoms with Gasteiger partial charge in [0.25, 0.3) is 35.4 Å². The molecule has 12 heterocycles. The standard InChI is InChI=1S/2C27H25FN4O4.2C25H25N5O4/c2*1-27(2,35)11-9-17-7-8-23-22(15-17)32(3)26(34)21(16-36-23)31-25(33)20-14-18(10-12-29-20)13-19-5-4-6-24(28)30-19;2*1-25(2,33)9-8-17-6-7-22-21(12-17)29(3)23(31)20(16-34-22)28-24(32)30-15-19(14-27-30)11-18-5-4-10-26-13-18/h2*4-8,10,12,14-15,21,35H,13,16H2,1-3H3,(H,31,33);2*4-7,10,12-15,20,33H,11,16H2,1-3H3,(H,28,32)/t21-;;20-;/m1.1./s1. The van der Waals surface area contributed by atoms with Gasteiger partial charge in [0.2, 0.25) is 11.9 Å². The second-order valence-corrected chi connectivity index (χ2v) is 34.9. The van der Waals surface area contributed by atoms with Crippen LogP contribution in [-0.2, 0) is 44.9 Å². The SMILES string of the molecule is CN1C(=O)C(NC(=O)c2cc(Cc3cccc(F)n3)ccn2)COc2ccc(C#CC(C)(C)O)cc21.CN1C(=O)C(NC(=O)n2cc(Cc3cccnc3)cn2)COc2ccc(C#CC(C)(C)O)cc21.CN1C(=O)[C@H](NC(=O)c2cc(Cc3cccc(F)n3)ccn2)COc2ccc(C#CC(C)(C)O)cc21.CN1C(=O)[C@H](NC(=O)n2cc(Cc3cccnc3)cn2)COc2ccc(C#CC(C)(C)O)cc21. The van der Waals surface area contributed by atoms with Gasteiger partial charge in [-0.3, -0.25) is 48.7 Å². The van der Waals surface area contributed by atoms with Crippen molar-refractivity contribution in [3.8, 4) is 70.4 Å². The van der Waals surface area contributed by atoms with Gasteiger partial charge in [0.1, 0.15) is 107 Å². The molecule has 716 valence electrons. The van der Waals surface area contributed by atoms with Gasteiger partial charge in [0.05, 0.1) is 35.1 Å². The molecule has 36 heteroatoms. The van der Waals surface area contributed by atoms with Crippen molar-refractivity contribution in [3.05, 3.63) is 310 Å². The largest absolute Gasteiger partial charge is 0.489 e. The van der Waals surface area contributed by atoms with Gasteiger partial charge in [-0.1, -0.05) is 71.6 Å². The Kier molecular flexibility index (Phi) is 31.8. The fraction of sp³-hybridized carbons (Fsp3) is 0.269. The Bertz CT molecular complexity index is 6510. The van der Waals surface area contributed by atoms with Gasteiger partial charge in [0.15, 0.2) is 0 Å². The number of aliphatic hydroxyl groups is 4. The predicted octanol–water partition coefficient (Wildman–Crippen LogP) is 8.91. The number of ether oxygens (including phenoxy) is 4. The lowest BCUT2D eigenvalue weighted by atomic mass is 10.1. The summed E-state index contributed by atoms with van der Waals surface area (Å²) >= 11 is 0. The van der Waals surface area contributed by atoms with E-state index >= 15 is 0 Å². The Morgan fingerprint density at radius 2 is 0.679 bits per heavy atom. The first-order valence-corrected chi connectivity index (χ1v) is 44.0. The zero-order valence-electron chi connectivity index (χ0n) is 78.5. The van der Waals surface area contributed by atoms with Gasteiger partial charge < -0.3 is 80.2 Å². The average molecular weight is 1900 g/mol. The van der Waals surface area contributed by atoms with Crippen molar-refractivity contribution in [3.63, 3.8) is 0 Å². The highest BCUT2D eigenvalue weighted by Gasteiger charge is 2.37. The van der Waals surface area contributed by atoms with Gasteiger partial charge in [-0.15, -0.1) is 0 Å². The first kappa shape index (κ1) is 101. The van der Waals surface area contributed by atoms with Crippen LogP contribution in [0.2, 0.25) is 0 Å². The number of carbonyl (C=O) groups is 8. The van der Waals surface area contributed by atoms with Crippen molar-refractivity contribution in [2.45, 2.75) is 128 Å². The summed E-state index contributed by atoms with van der Waals surface area (Å²) in [5, 5.41) is 58.4. The Morgan fingerprint density at radius 3 is 0.964 bits per heavy atom. The van der Waals surface area contributed by atoms with E-state index in [0.717, 1.165) is 33.4 Å². The van der Waals surface area contributed by atoms with Crippen LogP contribution in [0, 0.1) is 59.3 Å². The molecular formula is C104H100F2N18O16. The molecule has 12 aromatic rings. The van der Waals surface area contributed by atoms with E-state index < -0.39 is 82.3 Å². The Morgan fingerprint density at radius 1 is 0.371 bits per heavy atom. The van der Waals surface area contributed by atoms with Crippen LogP contribution in [0.1, 0.15) is 143 Å². The molecule has 140 heavy (non-hydrogen) atoms. The quantitative estimate of drug-likeness (QED) is 0.0372. The molecule has 4 aromatic carbocycles. The van der Waals surface area contributed by atoms with E-state index in [9.17, 15) is 67.6 Å². The molecule has 4 atom stereocenters. The summed E-state index contributed by atoms with van der Waals surface area (Å²) in [5.41, 5.74) is 6.37. The van der Waals surface area contributed by atoms with Gasteiger partial charge in [0, 0.05) is 137 Å². The number of likely N-dealkylation sites (N-methyl/N-ethyl adjacent to an activating group) is 4. The number of nitrogens with one attached hydrogen (secondary N) is 4. The predicted molar refractivity (Wildman–Crippen MR) is 513 cm³/mol. The smallest absolute Gasteiger partial charge is 0.342 e. The molecule has 2 unspecified atom stereocenters. The number of benzene rings is 4. The van der Waals surface area contributed by atoms with Crippen LogP contribution in [0.5, 0.6) is 23.0 Å². The number of anilines is 4. The third-order valence-corrected chi connectivity index (χ3v) is 21.1. The molecule has 0 radical (unpaired) electrons. The minimum Gasteiger partial charge on any atom is -0.489 e. The second-order valence-electron chi connectivity index (χ2n) is 34.9. The Balaban J connectivity index is 0.000000157. The van der Waals surface area contributed by atoms with E-state index in [2.05, 4.69) is 109 Å². The highest BCUT2D eigenvalue weighted by atomic mass is 19.1. The summed E-state index contributed by atoms with van der Waals surface area (Å²) < 4.78 is 52.4. The number of nitrogens with zero attached hydrogens (tertiary/aromatic N) is 14. The maximum atomic E-state index is 13.4. The second kappa shape index (κ2) is 44.3. The highest BCUT2D eigenvalue weighted by molar-refractivity contribution is 6.05. The molecule has 0 bridgehead atoms. The van der Waals surface area contributed by atoms with Crippen molar-refractivity contribution in [1.29, 1.82) is 0 Å². The molecule has 8 aromatic heterocycles. The van der Waals surface area contributed by atoms with Crippen molar-refractivity contribution >= 4 is 70.3 Å².